The highest BCUT2D eigenvalue weighted by molar-refractivity contribution is 5.95. The topological polar surface area (TPSA) is 64.7 Å². The van der Waals surface area contributed by atoms with Crippen LogP contribution in [0.1, 0.15) is 12.5 Å². The standard InChI is InChI=1S/C22H28N4O2/c1-2-18-8-6-7-11-20(18)24-21(27)16-23-22(28)17-25-12-14-26(15-13-25)19-9-4-3-5-10-19/h3-11H,2,12-17H2,1H3,(H,23,28)(H,24,27). The van der Waals surface area contributed by atoms with E-state index in [1.807, 2.05) is 49.4 Å². The molecule has 1 heterocycles. The van der Waals surface area contributed by atoms with Crippen molar-refractivity contribution in [2.75, 3.05) is 49.5 Å². The van der Waals surface area contributed by atoms with Gasteiger partial charge in [-0.3, -0.25) is 14.5 Å². The number of benzene rings is 2. The van der Waals surface area contributed by atoms with Crippen molar-refractivity contribution in [3.63, 3.8) is 0 Å². The summed E-state index contributed by atoms with van der Waals surface area (Å²) in [4.78, 5) is 28.8. The molecule has 0 bridgehead atoms. The highest BCUT2D eigenvalue weighted by Gasteiger charge is 2.19. The van der Waals surface area contributed by atoms with Crippen LogP contribution in [0.15, 0.2) is 54.6 Å². The zero-order valence-corrected chi connectivity index (χ0v) is 16.4. The lowest BCUT2D eigenvalue weighted by atomic mass is 10.1. The Morgan fingerprint density at radius 2 is 1.57 bits per heavy atom. The van der Waals surface area contributed by atoms with E-state index in [0.29, 0.717) is 6.54 Å². The highest BCUT2D eigenvalue weighted by atomic mass is 16.2. The fraction of sp³-hybridized carbons (Fsp3) is 0.364. The molecule has 6 heteroatoms. The van der Waals surface area contributed by atoms with Gasteiger partial charge in [0.1, 0.15) is 0 Å². The largest absolute Gasteiger partial charge is 0.369 e. The molecule has 0 spiro atoms. The average Bonchev–Trinajstić information content (AvgIpc) is 2.74. The normalized spacial score (nSPS) is 14.5. The van der Waals surface area contributed by atoms with Crippen molar-refractivity contribution in [3.05, 3.63) is 60.2 Å². The van der Waals surface area contributed by atoms with Crippen LogP contribution in [0.4, 0.5) is 11.4 Å². The molecule has 2 amide bonds. The molecule has 0 saturated carbocycles. The van der Waals surface area contributed by atoms with Crippen LogP contribution in [0.25, 0.3) is 0 Å². The summed E-state index contributed by atoms with van der Waals surface area (Å²) in [7, 11) is 0. The highest BCUT2D eigenvalue weighted by Crippen LogP contribution is 2.16. The Bertz CT molecular complexity index is 786. The SMILES string of the molecule is CCc1ccccc1NC(=O)CNC(=O)CN1CCN(c2ccccc2)CC1. The Balaban J connectivity index is 1.38. The number of piperazine rings is 1. The summed E-state index contributed by atoms with van der Waals surface area (Å²) in [5, 5.41) is 5.59. The molecule has 0 aromatic heterocycles. The number of nitrogens with one attached hydrogen (secondary N) is 2. The molecule has 1 saturated heterocycles. The summed E-state index contributed by atoms with van der Waals surface area (Å²) in [6.45, 7) is 5.81. The average molecular weight is 380 g/mol. The van der Waals surface area contributed by atoms with Crippen LogP contribution in [0.2, 0.25) is 0 Å². The number of para-hydroxylation sites is 2. The molecule has 0 atom stereocenters. The Labute approximate surface area is 166 Å². The summed E-state index contributed by atoms with van der Waals surface area (Å²) in [5.74, 6) is -0.324. The van der Waals surface area contributed by atoms with E-state index in [-0.39, 0.29) is 18.4 Å². The van der Waals surface area contributed by atoms with Gasteiger partial charge in [0, 0.05) is 37.6 Å². The van der Waals surface area contributed by atoms with Gasteiger partial charge in [-0.2, -0.15) is 0 Å². The lowest BCUT2D eigenvalue weighted by molar-refractivity contribution is -0.125. The lowest BCUT2D eigenvalue weighted by Gasteiger charge is -2.35. The summed E-state index contributed by atoms with van der Waals surface area (Å²) < 4.78 is 0. The molecule has 3 rings (SSSR count). The van der Waals surface area contributed by atoms with E-state index in [1.54, 1.807) is 0 Å². The molecule has 1 aliphatic heterocycles. The van der Waals surface area contributed by atoms with E-state index in [2.05, 4.69) is 32.6 Å². The number of carbonyl (C=O) groups is 2. The van der Waals surface area contributed by atoms with Gasteiger partial charge in [-0.15, -0.1) is 0 Å². The number of rotatable bonds is 7. The quantitative estimate of drug-likeness (QED) is 0.772. The molecule has 6 nitrogen and oxygen atoms in total. The minimum absolute atomic E-state index is 0.0130. The van der Waals surface area contributed by atoms with Crippen LogP contribution < -0.4 is 15.5 Å². The van der Waals surface area contributed by atoms with Gasteiger partial charge < -0.3 is 15.5 Å². The molecule has 2 N–H and O–H groups in total. The second kappa shape index (κ2) is 9.90. The number of nitrogens with zero attached hydrogens (tertiary/aromatic N) is 2. The van der Waals surface area contributed by atoms with Crippen LogP contribution in [0.3, 0.4) is 0 Å². The minimum atomic E-state index is -0.205. The first kappa shape index (κ1) is 19.9. The molecule has 0 aliphatic carbocycles. The predicted molar refractivity (Wildman–Crippen MR) is 113 cm³/mol. The summed E-state index contributed by atoms with van der Waals surface area (Å²) >= 11 is 0. The van der Waals surface area contributed by atoms with Gasteiger partial charge in [-0.05, 0) is 30.2 Å². The predicted octanol–water partition coefficient (Wildman–Crippen LogP) is 2.13. The van der Waals surface area contributed by atoms with Crippen molar-refractivity contribution in [2.24, 2.45) is 0 Å². The van der Waals surface area contributed by atoms with Gasteiger partial charge in [-0.1, -0.05) is 43.3 Å². The number of amides is 2. The number of hydrogen-bond donors (Lipinski definition) is 2. The monoisotopic (exact) mass is 380 g/mol. The summed E-state index contributed by atoms with van der Waals surface area (Å²) in [6.07, 6.45) is 0.845. The number of anilines is 2. The van der Waals surface area contributed by atoms with Gasteiger partial charge in [0.15, 0.2) is 0 Å². The van der Waals surface area contributed by atoms with Crippen LogP contribution >= 0.6 is 0 Å². The molecule has 0 unspecified atom stereocenters. The van der Waals surface area contributed by atoms with Crippen molar-refractivity contribution in [1.29, 1.82) is 0 Å². The number of hydrogen-bond acceptors (Lipinski definition) is 4. The van der Waals surface area contributed by atoms with Crippen LogP contribution in [0, 0.1) is 0 Å². The maximum atomic E-state index is 12.2. The van der Waals surface area contributed by atoms with Crippen LogP contribution in [0.5, 0.6) is 0 Å². The van der Waals surface area contributed by atoms with E-state index in [9.17, 15) is 9.59 Å². The molecular formula is C22H28N4O2. The maximum Gasteiger partial charge on any atom is 0.243 e. The number of aryl methyl sites for hydroxylation is 1. The van der Waals surface area contributed by atoms with E-state index in [0.717, 1.165) is 43.9 Å². The third kappa shape index (κ3) is 5.57. The van der Waals surface area contributed by atoms with Crippen molar-refractivity contribution >= 4 is 23.2 Å². The van der Waals surface area contributed by atoms with Gasteiger partial charge in [-0.25, -0.2) is 0 Å². The Hall–Kier alpha value is -2.86. The third-order valence-electron chi connectivity index (χ3n) is 4.98. The smallest absolute Gasteiger partial charge is 0.243 e. The molecule has 1 aliphatic rings. The first-order chi connectivity index (χ1) is 13.7. The van der Waals surface area contributed by atoms with E-state index in [4.69, 9.17) is 0 Å². The molecular weight excluding hydrogens is 352 g/mol. The van der Waals surface area contributed by atoms with E-state index >= 15 is 0 Å². The summed E-state index contributed by atoms with van der Waals surface area (Å²) in [5.41, 5.74) is 3.11. The zero-order chi connectivity index (χ0) is 19.8. The number of carbonyl (C=O) groups excluding carboxylic acids is 2. The second-order valence-corrected chi connectivity index (χ2v) is 6.93. The van der Waals surface area contributed by atoms with Crippen molar-refractivity contribution in [3.8, 4) is 0 Å². The minimum Gasteiger partial charge on any atom is -0.369 e. The van der Waals surface area contributed by atoms with Gasteiger partial charge in [0.2, 0.25) is 11.8 Å². The third-order valence-corrected chi connectivity index (χ3v) is 4.98. The molecule has 28 heavy (non-hydrogen) atoms. The second-order valence-electron chi connectivity index (χ2n) is 6.93. The zero-order valence-electron chi connectivity index (χ0n) is 16.4. The van der Waals surface area contributed by atoms with Crippen LogP contribution in [-0.2, 0) is 16.0 Å². The first-order valence-electron chi connectivity index (χ1n) is 9.82. The van der Waals surface area contributed by atoms with Gasteiger partial charge in [0.05, 0.1) is 13.1 Å². The molecule has 148 valence electrons. The fourth-order valence-corrected chi connectivity index (χ4v) is 3.39. The summed E-state index contributed by atoms with van der Waals surface area (Å²) in [6, 6.07) is 18.0. The van der Waals surface area contributed by atoms with Crippen molar-refractivity contribution in [2.45, 2.75) is 13.3 Å². The van der Waals surface area contributed by atoms with E-state index < -0.39 is 0 Å². The van der Waals surface area contributed by atoms with E-state index in [1.165, 1.54) is 5.69 Å². The van der Waals surface area contributed by atoms with Crippen molar-refractivity contribution in [1.82, 2.24) is 10.2 Å². The fourth-order valence-electron chi connectivity index (χ4n) is 3.39. The Morgan fingerprint density at radius 1 is 0.893 bits per heavy atom. The molecule has 2 aromatic rings. The Morgan fingerprint density at radius 3 is 2.29 bits per heavy atom. The Kier molecular flexibility index (Phi) is 7.03. The van der Waals surface area contributed by atoms with Gasteiger partial charge >= 0.3 is 0 Å². The van der Waals surface area contributed by atoms with Crippen molar-refractivity contribution < 1.29 is 9.59 Å². The lowest BCUT2D eigenvalue weighted by Crippen LogP contribution is -2.50. The molecule has 1 fully saturated rings. The maximum absolute atomic E-state index is 12.2. The molecule has 0 radical (unpaired) electrons. The molecule has 2 aromatic carbocycles. The first-order valence-corrected chi connectivity index (χ1v) is 9.82. The van der Waals surface area contributed by atoms with Crippen LogP contribution in [-0.4, -0.2) is 56.0 Å². The van der Waals surface area contributed by atoms with Gasteiger partial charge in [0.25, 0.3) is 0 Å².